The van der Waals surface area contributed by atoms with Crippen molar-refractivity contribution in [2.24, 2.45) is 23.9 Å². The van der Waals surface area contributed by atoms with Gasteiger partial charge in [0.2, 0.25) is 6.20 Å². The van der Waals surface area contributed by atoms with Crippen molar-refractivity contribution >= 4 is 56.2 Å². The van der Waals surface area contributed by atoms with E-state index in [0.717, 1.165) is 54.9 Å². The Bertz CT molecular complexity index is 2020. The number of aromatic nitrogens is 3. The number of aliphatic carboxylic acids is 2. The molecule has 1 aliphatic rings. The number of nitrogens with two attached hydrogens (primary N) is 2. The fourth-order valence-corrected chi connectivity index (χ4v) is 6.12. The summed E-state index contributed by atoms with van der Waals surface area (Å²) < 4.78 is 77.1. The number of carboxylic acids is 2. The van der Waals surface area contributed by atoms with Gasteiger partial charge in [0.1, 0.15) is 18.1 Å². The summed E-state index contributed by atoms with van der Waals surface area (Å²) in [4.78, 5) is 56.2. The van der Waals surface area contributed by atoms with Crippen molar-refractivity contribution in [3.63, 3.8) is 0 Å². The minimum atomic E-state index is -5.08. The summed E-state index contributed by atoms with van der Waals surface area (Å²) in [5.74, 6) is -6.54. The number of rotatable bonds is 20. The van der Waals surface area contributed by atoms with Gasteiger partial charge in [-0.1, -0.05) is 17.3 Å². The van der Waals surface area contributed by atoms with Crippen molar-refractivity contribution in [1.29, 1.82) is 0 Å². The number of halogens is 3. The number of carbonyl (C=O) groups is 4. The maximum Gasteiger partial charge on any atom is 0.490 e. The van der Waals surface area contributed by atoms with Gasteiger partial charge in [0, 0.05) is 11.8 Å². The summed E-state index contributed by atoms with van der Waals surface area (Å²) in [6.07, 6.45) is -1.28. The van der Waals surface area contributed by atoms with Crippen LogP contribution >= 0.6 is 11.3 Å². The molecule has 25 heteroatoms. The quantitative estimate of drug-likeness (QED) is 0.0232. The average Bonchev–Trinajstić information content (AvgIpc) is 3.72. The van der Waals surface area contributed by atoms with Gasteiger partial charge in [-0.2, -0.15) is 31.3 Å². The SMILES string of the molecule is C[n+]1cc(-c2ccc(OC[C@H](O/N=C(\C(=O)C[C@@H]3C(=O)N(OS(=O)(=O)O)C3(C)C)c3csc(N)n3)C(=O)O)cc2)cn1CCCNCCCN.O=C(O)C(F)(F)F. The first kappa shape index (κ1) is 46.2. The van der Waals surface area contributed by atoms with E-state index in [-0.39, 0.29) is 10.8 Å². The number of aryl methyl sites for hydroxylation is 2. The second-order valence-electron chi connectivity index (χ2n) is 12.7. The number of ether oxygens (including phenoxy) is 1. The predicted octanol–water partition coefficient (Wildman–Crippen LogP) is 1.16. The molecule has 3 heterocycles. The highest BCUT2D eigenvalue weighted by Crippen LogP contribution is 2.40. The first-order valence-electron chi connectivity index (χ1n) is 16.8. The lowest BCUT2D eigenvalue weighted by molar-refractivity contribution is -0.753. The summed E-state index contributed by atoms with van der Waals surface area (Å²) in [7, 11) is -3.03. The van der Waals surface area contributed by atoms with Gasteiger partial charge in [-0.3, -0.25) is 14.1 Å². The van der Waals surface area contributed by atoms with Crippen molar-refractivity contribution in [2.45, 2.75) is 57.5 Å². The van der Waals surface area contributed by atoms with Crippen LogP contribution in [0.4, 0.5) is 18.3 Å². The Kier molecular flexibility index (Phi) is 16.0. The number of hydrogen-bond donors (Lipinski definition) is 6. The molecule has 3 aromatic rings. The highest BCUT2D eigenvalue weighted by Gasteiger charge is 2.57. The number of nitrogens with one attached hydrogen (secondary N) is 1. The molecular formula is C32H42F3N8O12S2+. The monoisotopic (exact) mass is 851 g/mol. The molecule has 1 aromatic carbocycles. The lowest BCUT2D eigenvalue weighted by Gasteiger charge is -2.50. The largest absolute Gasteiger partial charge is 0.490 e. The number of anilines is 1. The molecule has 0 spiro atoms. The topological polar surface area (TPSA) is 292 Å². The number of nitrogens with zero attached hydrogens (tertiary/aromatic N) is 5. The van der Waals surface area contributed by atoms with Crippen molar-refractivity contribution in [3.05, 3.63) is 47.7 Å². The number of hydrogen-bond acceptors (Lipinski definition) is 15. The van der Waals surface area contributed by atoms with Gasteiger partial charge in [-0.05, 0) is 64.0 Å². The third kappa shape index (κ3) is 13.5. The van der Waals surface area contributed by atoms with Crippen LogP contribution in [-0.2, 0) is 52.3 Å². The Morgan fingerprint density at radius 3 is 2.30 bits per heavy atom. The standard InChI is InChI=1S/C30H40N8O10S2.C2HF3O2/c1-30(2)22(27(40)38(30)48-50(43,44)45)14-24(39)26(23-18-49-29(32)34-23)35-47-25(28(41)42)17-46-21-8-6-19(7-9-21)20-15-36(3)37(16-20)13-5-12-33-11-4-10-31;3-2(4,5)1(6)7/h6-9,15-16,18,22,25,33H,4-5,10-14,17,31H2,1-3H3,(H3-,32,34,41,42,43,44,45);(H,6,7)/p+1/b35-26-;/t22-,25+;/m1./s1. The van der Waals surface area contributed by atoms with Crippen molar-refractivity contribution in [2.75, 3.05) is 32.0 Å². The van der Waals surface area contributed by atoms with Crippen molar-refractivity contribution < 1.29 is 74.1 Å². The Hall–Kier alpha value is -5.21. The molecule has 8 N–H and O–H groups in total. The first-order valence-corrected chi connectivity index (χ1v) is 19.0. The number of carbonyl (C=O) groups excluding carboxylic acids is 2. The van der Waals surface area contributed by atoms with Crippen LogP contribution in [0.25, 0.3) is 11.1 Å². The Labute approximate surface area is 327 Å². The number of amides is 1. The number of carboxylic acid groups (broad SMARTS) is 2. The molecule has 1 aliphatic heterocycles. The molecule has 0 bridgehead atoms. The number of alkyl halides is 3. The Morgan fingerprint density at radius 2 is 1.77 bits per heavy atom. The fraction of sp³-hybridized carbons (Fsp3) is 0.469. The molecule has 0 saturated carbocycles. The van der Waals surface area contributed by atoms with E-state index in [2.05, 4.69) is 24.4 Å². The molecule has 2 aromatic heterocycles. The highest BCUT2D eigenvalue weighted by molar-refractivity contribution is 7.80. The van der Waals surface area contributed by atoms with E-state index in [9.17, 15) is 41.1 Å². The fourth-order valence-electron chi connectivity index (χ4n) is 5.11. The number of ketones is 1. The third-order valence-corrected chi connectivity index (χ3v) is 9.17. The second kappa shape index (κ2) is 19.8. The predicted molar refractivity (Wildman–Crippen MR) is 194 cm³/mol. The maximum atomic E-state index is 13.4. The molecule has 1 saturated heterocycles. The van der Waals surface area contributed by atoms with Gasteiger partial charge in [-0.25, -0.2) is 14.6 Å². The number of Topliss-reactive ketones (excluding diaryl/α,β-unsaturated/α-hetero) is 1. The zero-order valence-corrected chi connectivity index (χ0v) is 32.3. The summed E-state index contributed by atoms with van der Waals surface area (Å²) in [6.45, 7) is 5.66. The lowest BCUT2D eigenvalue weighted by Crippen LogP contribution is -2.68. The van der Waals surface area contributed by atoms with E-state index in [1.807, 2.05) is 36.3 Å². The molecule has 0 unspecified atom stereocenters. The molecule has 4 rings (SSSR count). The number of nitrogen functional groups attached to an aromatic ring is 1. The van der Waals surface area contributed by atoms with Crippen LogP contribution in [0, 0.1) is 5.92 Å². The van der Waals surface area contributed by atoms with Gasteiger partial charge in [-0.15, -0.1) is 20.3 Å². The number of β-lactam (4-membered cyclic amide) rings is 1. The lowest BCUT2D eigenvalue weighted by atomic mass is 9.74. The van der Waals surface area contributed by atoms with Crippen LogP contribution < -0.4 is 26.2 Å². The molecular weight excluding hydrogens is 810 g/mol. The van der Waals surface area contributed by atoms with Crippen molar-refractivity contribution in [1.82, 2.24) is 20.0 Å². The van der Waals surface area contributed by atoms with E-state index in [0.29, 0.717) is 17.4 Å². The van der Waals surface area contributed by atoms with E-state index >= 15 is 0 Å². The van der Waals surface area contributed by atoms with Crippen LogP contribution in [0.1, 0.15) is 38.8 Å². The van der Waals surface area contributed by atoms with Gasteiger partial charge < -0.3 is 36.6 Å². The number of thiazole rings is 1. The summed E-state index contributed by atoms with van der Waals surface area (Å²) in [6, 6.07) is 7.06. The normalized spacial score (nSPS) is 15.9. The number of benzene rings is 1. The van der Waals surface area contributed by atoms with E-state index in [1.165, 1.54) is 19.2 Å². The number of oxime groups is 1. The summed E-state index contributed by atoms with van der Waals surface area (Å²) in [5.41, 5.74) is 11.4. The van der Waals surface area contributed by atoms with Crippen molar-refractivity contribution in [3.8, 4) is 16.9 Å². The second-order valence-corrected chi connectivity index (χ2v) is 14.6. The molecule has 0 radical (unpaired) electrons. The van der Waals surface area contributed by atoms with Crippen LogP contribution in [0.15, 0.2) is 47.2 Å². The van der Waals surface area contributed by atoms with Gasteiger partial charge >= 0.3 is 28.5 Å². The molecule has 0 aliphatic carbocycles. The number of hydroxylamine groups is 2. The molecule has 20 nitrogen and oxygen atoms in total. The zero-order chi connectivity index (χ0) is 42.7. The zero-order valence-electron chi connectivity index (χ0n) is 30.7. The maximum absolute atomic E-state index is 13.4. The summed E-state index contributed by atoms with van der Waals surface area (Å²) in [5, 5.41) is 26.0. The van der Waals surface area contributed by atoms with Crippen LogP contribution in [0.2, 0.25) is 0 Å². The van der Waals surface area contributed by atoms with Crippen LogP contribution in [0.5, 0.6) is 5.75 Å². The third-order valence-electron chi connectivity index (χ3n) is 8.16. The van der Waals surface area contributed by atoms with E-state index < -0.39 is 76.5 Å². The van der Waals surface area contributed by atoms with Crippen LogP contribution in [0.3, 0.4) is 0 Å². The van der Waals surface area contributed by atoms with Gasteiger partial charge in [0.15, 0.2) is 23.7 Å². The van der Waals surface area contributed by atoms with Crippen LogP contribution in [-0.4, -0.2) is 111 Å². The molecule has 2 atom stereocenters. The minimum Gasteiger partial charge on any atom is -0.489 e. The summed E-state index contributed by atoms with van der Waals surface area (Å²) >= 11 is 0.991. The van der Waals surface area contributed by atoms with E-state index in [4.69, 9.17) is 35.5 Å². The van der Waals surface area contributed by atoms with E-state index in [1.54, 1.807) is 12.1 Å². The Balaban J connectivity index is 0.00000113. The molecule has 1 amide bonds. The molecule has 314 valence electrons. The molecule has 57 heavy (non-hydrogen) atoms. The average molecular weight is 852 g/mol. The first-order chi connectivity index (χ1) is 26.5. The smallest absolute Gasteiger partial charge is 0.489 e. The van der Waals surface area contributed by atoms with Gasteiger partial charge in [0.25, 0.3) is 12.0 Å². The Morgan fingerprint density at radius 1 is 1.14 bits per heavy atom. The van der Waals surface area contributed by atoms with Gasteiger partial charge in [0.05, 0.1) is 29.8 Å². The highest BCUT2D eigenvalue weighted by atomic mass is 32.3. The molecule has 1 fully saturated rings. The minimum absolute atomic E-state index is 0.0184.